The summed E-state index contributed by atoms with van der Waals surface area (Å²) in [6.07, 6.45) is 1.16. The van der Waals surface area contributed by atoms with E-state index in [4.69, 9.17) is 0 Å². The fraction of sp³-hybridized carbons (Fsp3) is 0.263. The molecule has 0 fully saturated rings. The number of benzene rings is 2. The summed E-state index contributed by atoms with van der Waals surface area (Å²) in [5.74, 6) is -0.830. The van der Waals surface area contributed by atoms with Crippen molar-refractivity contribution in [1.29, 1.82) is 0 Å². The summed E-state index contributed by atoms with van der Waals surface area (Å²) in [5, 5.41) is 2.78. The number of halogens is 1. The number of sulfone groups is 1. The van der Waals surface area contributed by atoms with E-state index in [0.29, 0.717) is 11.3 Å². The molecule has 8 heteroatoms. The second-order valence-electron chi connectivity index (χ2n) is 6.52. The largest absolute Gasteiger partial charge is 0.324 e. The molecule has 0 aliphatic carbocycles. The van der Waals surface area contributed by atoms with Crippen molar-refractivity contribution in [3.05, 3.63) is 64.1 Å². The number of rotatable bonds is 6. The normalized spacial score (nSPS) is 14.7. The summed E-state index contributed by atoms with van der Waals surface area (Å²) in [7, 11) is -3.27. The van der Waals surface area contributed by atoms with Crippen molar-refractivity contribution in [2.24, 2.45) is 0 Å². The van der Waals surface area contributed by atoms with Gasteiger partial charge < -0.3 is 10.2 Å². The number of carbonyl (C=O) groups excluding carboxylic acids is 2. The molecule has 2 aromatic carbocycles. The van der Waals surface area contributed by atoms with Gasteiger partial charge in [-0.15, -0.1) is 0 Å². The summed E-state index contributed by atoms with van der Waals surface area (Å²) in [5.41, 5.74) is 1.97. The number of hydrogen-bond donors (Lipinski definition) is 1. The van der Waals surface area contributed by atoms with Gasteiger partial charge in [-0.2, -0.15) is 0 Å². The lowest BCUT2D eigenvalue weighted by molar-refractivity contribution is -0.120. The maximum Gasteiger partial charge on any atom is 0.255 e. The Morgan fingerprint density at radius 2 is 1.85 bits per heavy atom. The zero-order valence-electron chi connectivity index (χ0n) is 14.7. The molecule has 142 valence electrons. The van der Waals surface area contributed by atoms with Gasteiger partial charge in [-0.1, -0.05) is 34.1 Å². The van der Waals surface area contributed by atoms with Crippen LogP contribution in [0, 0.1) is 0 Å². The minimum atomic E-state index is -3.27. The molecule has 3 rings (SSSR count). The highest BCUT2D eigenvalue weighted by Gasteiger charge is 2.36. The predicted octanol–water partition coefficient (Wildman–Crippen LogP) is 2.85. The molecule has 6 nitrogen and oxygen atoms in total. The molecule has 1 atom stereocenters. The summed E-state index contributed by atoms with van der Waals surface area (Å²) in [6, 6.07) is 13.3. The van der Waals surface area contributed by atoms with Crippen molar-refractivity contribution in [2.45, 2.75) is 19.0 Å². The molecule has 1 aliphatic heterocycles. The Labute approximate surface area is 166 Å². The van der Waals surface area contributed by atoms with Crippen molar-refractivity contribution < 1.29 is 18.0 Å². The number of nitrogens with one attached hydrogen (secondary N) is 1. The topological polar surface area (TPSA) is 83.6 Å². The highest BCUT2D eigenvalue weighted by atomic mass is 79.9. The van der Waals surface area contributed by atoms with E-state index >= 15 is 0 Å². The molecule has 0 saturated heterocycles. The second kappa shape index (κ2) is 7.82. The number of anilines is 1. The zero-order chi connectivity index (χ0) is 19.6. The summed E-state index contributed by atoms with van der Waals surface area (Å²) < 4.78 is 24.1. The Morgan fingerprint density at radius 3 is 2.48 bits per heavy atom. The first kappa shape index (κ1) is 19.6. The van der Waals surface area contributed by atoms with Crippen LogP contribution in [0.3, 0.4) is 0 Å². The molecular formula is C19H19BrN2O4S. The van der Waals surface area contributed by atoms with Gasteiger partial charge in [-0.25, -0.2) is 8.42 Å². The van der Waals surface area contributed by atoms with E-state index in [-0.39, 0.29) is 24.6 Å². The highest BCUT2D eigenvalue weighted by Crippen LogP contribution is 2.26. The monoisotopic (exact) mass is 450 g/mol. The third kappa shape index (κ3) is 4.75. The third-order valence-electron chi connectivity index (χ3n) is 4.40. The van der Waals surface area contributed by atoms with E-state index in [1.54, 1.807) is 36.4 Å². The van der Waals surface area contributed by atoms with Crippen LogP contribution >= 0.6 is 15.9 Å². The lowest BCUT2D eigenvalue weighted by Crippen LogP contribution is -2.45. The van der Waals surface area contributed by atoms with Crippen molar-refractivity contribution in [3.63, 3.8) is 0 Å². The molecule has 1 N–H and O–H groups in total. The van der Waals surface area contributed by atoms with Crippen LogP contribution in [0.4, 0.5) is 5.69 Å². The van der Waals surface area contributed by atoms with Gasteiger partial charge >= 0.3 is 0 Å². The summed E-state index contributed by atoms with van der Waals surface area (Å²) in [4.78, 5) is 27.1. The molecule has 0 bridgehead atoms. The Kier molecular flexibility index (Phi) is 5.67. The minimum absolute atomic E-state index is 0.0426. The van der Waals surface area contributed by atoms with Crippen LogP contribution in [-0.4, -0.2) is 43.2 Å². The van der Waals surface area contributed by atoms with E-state index in [2.05, 4.69) is 21.2 Å². The maximum absolute atomic E-state index is 12.9. The van der Waals surface area contributed by atoms with Crippen molar-refractivity contribution >= 4 is 43.3 Å². The number of carbonyl (C=O) groups is 2. The van der Waals surface area contributed by atoms with Gasteiger partial charge in [0.15, 0.2) is 0 Å². The van der Waals surface area contributed by atoms with E-state index in [1.807, 2.05) is 12.1 Å². The molecule has 1 aliphatic rings. The molecule has 1 heterocycles. The van der Waals surface area contributed by atoms with Gasteiger partial charge in [0.1, 0.15) is 15.9 Å². The lowest BCUT2D eigenvalue weighted by Gasteiger charge is -2.26. The lowest BCUT2D eigenvalue weighted by atomic mass is 10.1. The Hall–Kier alpha value is -2.19. The Balaban J connectivity index is 1.84. The smallest absolute Gasteiger partial charge is 0.255 e. The SMILES string of the molecule is CS(=O)(=O)CC[C@H](C(=O)Nc1ccc(Br)cc1)N1Cc2ccccc2C1=O. The fourth-order valence-corrected chi connectivity index (χ4v) is 3.96. The predicted molar refractivity (Wildman–Crippen MR) is 107 cm³/mol. The number of fused-ring (bicyclic) bond motifs is 1. The van der Waals surface area contributed by atoms with Gasteiger partial charge in [-0.3, -0.25) is 9.59 Å². The van der Waals surface area contributed by atoms with Crippen molar-refractivity contribution in [3.8, 4) is 0 Å². The first-order valence-electron chi connectivity index (χ1n) is 8.37. The van der Waals surface area contributed by atoms with E-state index < -0.39 is 21.8 Å². The molecule has 0 saturated carbocycles. The van der Waals surface area contributed by atoms with Crippen LogP contribution in [-0.2, 0) is 21.2 Å². The average molecular weight is 451 g/mol. The second-order valence-corrected chi connectivity index (χ2v) is 9.70. The van der Waals surface area contributed by atoms with Crippen LogP contribution < -0.4 is 5.32 Å². The molecule has 2 amide bonds. The molecule has 0 unspecified atom stereocenters. The van der Waals surface area contributed by atoms with Crippen LogP contribution in [0.25, 0.3) is 0 Å². The Morgan fingerprint density at radius 1 is 1.19 bits per heavy atom. The van der Waals surface area contributed by atoms with Crippen LogP contribution in [0.1, 0.15) is 22.3 Å². The molecule has 0 spiro atoms. The van der Waals surface area contributed by atoms with Crippen LogP contribution in [0.5, 0.6) is 0 Å². The van der Waals surface area contributed by atoms with Gasteiger partial charge in [0.25, 0.3) is 5.91 Å². The molecule has 2 aromatic rings. The standard InChI is InChI=1S/C19H19BrN2O4S/c1-27(25,26)11-10-17(18(23)21-15-8-6-14(20)7-9-15)22-12-13-4-2-3-5-16(13)19(22)24/h2-9,17H,10-12H2,1H3,(H,21,23)/t17-/m1/s1. The summed E-state index contributed by atoms with van der Waals surface area (Å²) in [6.45, 7) is 0.289. The number of amides is 2. The van der Waals surface area contributed by atoms with Gasteiger partial charge in [0.05, 0.1) is 5.75 Å². The van der Waals surface area contributed by atoms with E-state index in [1.165, 1.54) is 4.90 Å². The zero-order valence-corrected chi connectivity index (χ0v) is 17.1. The molecule has 0 aromatic heterocycles. The van der Waals surface area contributed by atoms with Gasteiger partial charge in [-0.05, 0) is 42.3 Å². The molecular weight excluding hydrogens is 432 g/mol. The third-order valence-corrected chi connectivity index (χ3v) is 5.91. The summed E-state index contributed by atoms with van der Waals surface area (Å²) >= 11 is 3.33. The number of hydrogen-bond acceptors (Lipinski definition) is 4. The average Bonchev–Trinajstić information content (AvgIpc) is 2.93. The molecule has 27 heavy (non-hydrogen) atoms. The molecule has 0 radical (unpaired) electrons. The van der Waals surface area contributed by atoms with Crippen molar-refractivity contribution in [2.75, 3.05) is 17.3 Å². The van der Waals surface area contributed by atoms with Gasteiger partial charge in [0, 0.05) is 28.5 Å². The van der Waals surface area contributed by atoms with E-state index in [0.717, 1.165) is 16.3 Å². The van der Waals surface area contributed by atoms with E-state index in [9.17, 15) is 18.0 Å². The highest BCUT2D eigenvalue weighted by molar-refractivity contribution is 9.10. The quantitative estimate of drug-likeness (QED) is 0.732. The number of nitrogens with zero attached hydrogens (tertiary/aromatic N) is 1. The van der Waals surface area contributed by atoms with Crippen LogP contribution in [0.2, 0.25) is 0 Å². The van der Waals surface area contributed by atoms with Gasteiger partial charge in [0.2, 0.25) is 5.91 Å². The minimum Gasteiger partial charge on any atom is -0.324 e. The first-order valence-corrected chi connectivity index (χ1v) is 11.2. The maximum atomic E-state index is 12.9. The van der Waals surface area contributed by atoms with Crippen LogP contribution in [0.15, 0.2) is 53.0 Å². The first-order chi connectivity index (χ1) is 12.7. The van der Waals surface area contributed by atoms with Crippen molar-refractivity contribution in [1.82, 2.24) is 4.90 Å². The Bertz CT molecular complexity index is 973. The fourth-order valence-electron chi connectivity index (χ4n) is 3.04.